The van der Waals surface area contributed by atoms with E-state index in [2.05, 4.69) is 20.3 Å². The van der Waals surface area contributed by atoms with Crippen LogP contribution < -0.4 is 15.9 Å². The maximum absolute atomic E-state index is 13.4. The SMILES string of the molecule is C[C@@H](C1CC(F)(F)C1)N1CCNC(=O)c2ccc(-n3c(=O)[nH]c4ncccc43)nc21. The molecule has 1 aliphatic carbocycles. The van der Waals surface area contributed by atoms with Crippen molar-refractivity contribution in [3.05, 3.63) is 46.5 Å². The first kappa shape index (κ1) is 18.7. The number of alkyl halides is 2. The fourth-order valence-corrected chi connectivity index (χ4v) is 4.32. The summed E-state index contributed by atoms with van der Waals surface area (Å²) in [7, 11) is 0. The Labute approximate surface area is 169 Å². The van der Waals surface area contributed by atoms with Gasteiger partial charge < -0.3 is 10.2 Å². The van der Waals surface area contributed by atoms with Crippen LogP contribution in [0.25, 0.3) is 17.0 Å². The van der Waals surface area contributed by atoms with Crippen molar-refractivity contribution in [1.29, 1.82) is 0 Å². The van der Waals surface area contributed by atoms with Crippen LogP contribution in [0.5, 0.6) is 0 Å². The molecule has 2 N–H and O–H groups in total. The lowest BCUT2D eigenvalue weighted by Gasteiger charge is -2.43. The van der Waals surface area contributed by atoms with Gasteiger partial charge in [-0.2, -0.15) is 0 Å². The number of carbonyl (C=O) groups excluding carboxylic acids is 1. The van der Waals surface area contributed by atoms with Gasteiger partial charge in [-0.1, -0.05) is 0 Å². The van der Waals surface area contributed by atoms with Crippen LogP contribution in [0.3, 0.4) is 0 Å². The highest BCUT2D eigenvalue weighted by atomic mass is 19.3. The lowest BCUT2D eigenvalue weighted by molar-refractivity contribution is -0.115. The van der Waals surface area contributed by atoms with Crippen LogP contribution in [0.1, 0.15) is 30.1 Å². The Bertz CT molecular complexity index is 1200. The summed E-state index contributed by atoms with van der Waals surface area (Å²) in [5, 5.41) is 2.82. The van der Waals surface area contributed by atoms with E-state index in [-0.39, 0.29) is 30.7 Å². The van der Waals surface area contributed by atoms with Gasteiger partial charge in [-0.05, 0) is 37.1 Å². The van der Waals surface area contributed by atoms with Gasteiger partial charge in [0.05, 0.1) is 11.1 Å². The number of nitrogens with zero attached hydrogens (tertiary/aromatic N) is 4. The van der Waals surface area contributed by atoms with Crippen LogP contribution in [0, 0.1) is 5.92 Å². The molecule has 5 rings (SSSR count). The quantitative estimate of drug-likeness (QED) is 0.684. The van der Waals surface area contributed by atoms with E-state index in [1.807, 2.05) is 11.8 Å². The minimum absolute atomic E-state index is 0.172. The highest BCUT2D eigenvalue weighted by molar-refractivity contribution is 5.99. The van der Waals surface area contributed by atoms with Gasteiger partial charge in [0.2, 0.25) is 5.92 Å². The molecule has 0 bridgehead atoms. The molecule has 2 aliphatic rings. The van der Waals surface area contributed by atoms with Gasteiger partial charge in [0.15, 0.2) is 5.65 Å². The smallest absolute Gasteiger partial charge is 0.333 e. The third-order valence-corrected chi connectivity index (χ3v) is 6.00. The maximum Gasteiger partial charge on any atom is 0.333 e. The number of anilines is 1. The van der Waals surface area contributed by atoms with E-state index in [0.29, 0.717) is 41.5 Å². The largest absolute Gasteiger partial charge is 0.351 e. The van der Waals surface area contributed by atoms with E-state index in [4.69, 9.17) is 0 Å². The molecule has 30 heavy (non-hydrogen) atoms. The van der Waals surface area contributed by atoms with Crippen molar-refractivity contribution in [2.45, 2.75) is 31.7 Å². The van der Waals surface area contributed by atoms with Crippen molar-refractivity contribution in [3.8, 4) is 5.82 Å². The second kappa shape index (κ2) is 6.61. The predicted molar refractivity (Wildman–Crippen MR) is 106 cm³/mol. The summed E-state index contributed by atoms with van der Waals surface area (Å²) in [5.74, 6) is -2.35. The molecule has 3 aromatic rings. The second-order valence-electron chi connectivity index (χ2n) is 7.89. The Kier molecular flexibility index (Phi) is 4.12. The molecule has 1 saturated carbocycles. The van der Waals surface area contributed by atoms with Crippen LogP contribution >= 0.6 is 0 Å². The number of imidazole rings is 1. The molecule has 1 fully saturated rings. The van der Waals surface area contributed by atoms with Gasteiger partial charge in [-0.25, -0.2) is 28.1 Å². The molecule has 1 atom stereocenters. The van der Waals surface area contributed by atoms with Crippen LogP contribution in [-0.4, -0.2) is 50.5 Å². The highest BCUT2D eigenvalue weighted by Crippen LogP contribution is 2.46. The van der Waals surface area contributed by atoms with Crippen molar-refractivity contribution in [1.82, 2.24) is 24.8 Å². The minimum Gasteiger partial charge on any atom is -0.351 e. The topological polar surface area (TPSA) is 95.9 Å². The Morgan fingerprint density at radius 1 is 1.23 bits per heavy atom. The lowest BCUT2D eigenvalue weighted by atomic mass is 9.76. The Morgan fingerprint density at radius 3 is 2.80 bits per heavy atom. The standard InChI is InChI=1S/C20H20F2N6O2/c1-11(12-9-20(21,22)10-12)27-8-7-24-18(29)13-4-5-15(25-17(13)27)28-14-3-2-6-23-16(14)26-19(28)30/h2-6,11-12H,7-10H2,1H3,(H,24,29)(H,23,26,30)/t11-/m0/s1. The average molecular weight is 414 g/mol. The molecule has 0 unspecified atom stereocenters. The molecule has 8 nitrogen and oxygen atoms in total. The number of fused-ring (bicyclic) bond motifs is 2. The summed E-state index contributed by atoms with van der Waals surface area (Å²) in [4.78, 5) is 38.5. The zero-order chi connectivity index (χ0) is 21.0. The summed E-state index contributed by atoms with van der Waals surface area (Å²) in [6.45, 7) is 2.72. The van der Waals surface area contributed by atoms with Gasteiger partial charge in [-0.3, -0.25) is 9.78 Å². The lowest BCUT2D eigenvalue weighted by Crippen LogP contribution is -2.49. The van der Waals surface area contributed by atoms with Crippen molar-refractivity contribution in [3.63, 3.8) is 0 Å². The average Bonchev–Trinajstić information content (AvgIpc) is 2.94. The van der Waals surface area contributed by atoms with Gasteiger partial charge >= 0.3 is 5.69 Å². The maximum atomic E-state index is 13.4. The van der Waals surface area contributed by atoms with Gasteiger partial charge in [0, 0.05) is 38.2 Å². The van der Waals surface area contributed by atoms with Crippen LogP contribution in [-0.2, 0) is 0 Å². The van der Waals surface area contributed by atoms with Gasteiger partial charge in [0.25, 0.3) is 5.91 Å². The molecule has 1 amide bonds. The number of hydrogen-bond donors (Lipinski definition) is 2. The number of aromatic nitrogens is 4. The first-order valence-corrected chi connectivity index (χ1v) is 9.84. The molecular weight excluding hydrogens is 394 g/mol. The zero-order valence-electron chi connectivity index (χ0n) is 16.2. The molecule has 3 aromatic heterocycles. The molecule has 0 radical (unpaired) electrons. The van der Waals surface area contributed by atoms with Crippen LogP contribution in [0.4, 0.5) is 14.6 Å². The van der Waals surface area contributed by atoms with E-state index in [1.54, 1.807) is 30.5 Å². The van der Waals surface area contributed by atoms with Gasteiger partial charge in [-0.15, -0.1) is 0 Å². The molecule has 1 aliphatic heterocycles. The summed E-state index contributed by atoms with van der Waals surface area (Å²) in [5.41, 5.74) is 0.956. The summed E-state index contributed by atoms with van der Waals surface area (Å²) < 4.78 is 28.3. The van der Waals surface area contributed by atoms with E-state index in [1.165, 1.54) is 4.57 Å². The number of hydrogen-bond acceptors (Lipinski definition) is 5. The first-order chi connectivity index (χ1) is 14.3. The first-order valence-electron chi connectivity index (χ1n) is 9.84. The normalized spacial score (nSPS) is 19.7. The number of nitrogens with one attached hydrogen (secondary N) is 2. The van der Waals surface area contributed by atoms with Crippen molar-refractivity contribution in [2.75, 3.05) is 18.0 Å². The molecule has 156 valence electrons. The third kappa shape index (κ3) is 2.94. The molecule has 10 heteroatoms. The third-order valence-electron chi connectivity index (χ3n) is 6.00. The summed E-state index contributed by atoms with van der Waals surface area (Å²) in [6.07, 6.45) is 1.23. The van der Waals surface area contributed by atoms with E-state index in [0.717, 1.165) is 0 Å². The number of carbonyl (C=O) groups is 1. The fourth-order valence-electron chi connectivity index (χ4n) is 4.32. The summed E-state index contributed by atoms with van der Waals surface area (Å²) >= 11 is 0. The molecule has 0 spiro atoms. The number of H-pyrrole nitrogens is 1. The van der Waals surface area contributed by atoms with Crippen molar-refractivity contribution in [2.24, 2.45) is 5.92 Å². The number of amides is 1. The summed E-state index contributed by atoms with van der Waals surface area (Å²) in [6, 6.07) is 6.46. The number of pyridine rings is 2. The van der Waals surface area contributed by atoms with Crippen LogP contribution in [0.2, 0.25) is 0 Å². The van der Waals surface area contributed by atoms with E-state index < -0.39 is 11.6 Å². The number of halogens is 2. The van der Waals surface area contributed by atoms with Crippen molar-refractivity contribution >= 4 is 22.9 Å². The number of aromatic amines is 1. The fraction of sp³-hybridized carbons (Fsp3) is 0.400. The Balaban J connectivity index is 1.61. The molecular formula is C20H20F2N6O2. The predicted octanol–water partition coefficient (Wildman–Crippen LogP) is 2.09. The molecule has 0 aromatic carbocycles. The van der Waals surface area contributed by atoms with E-state index >= 15 is 0 Å². The highest BCUT2D eigenvalue weighted by Gasteiger charge is 2.49. The molecule has 0 saturated heterocycles. The Morgan fingerprint density at radius 2 is 2.03 bits per heavy atom. The Hall–Kier alpha value is -3.30. The van der Waals surface area contributed by atoms with Crippen LogP contribution in [0.15, 0.2) is 35.3 Å². The minimum atomic E-state index is -2.62. The number of rotatable bonds is 3. The van der Waals surface area contributed by atoms with Crippen molar-refractivity contribution < 1.29 is 13.6 Å². The second-order valence-corrected chi connectivity index (χ2v) is 7.89. The van der Waals surface area contributed by atoms with E-state index in [9.17, 15) is 18.4 Å². The zero-order valence-corrected chi connectivity index (χ0v) is 16.2. The monoisotopic (exact) mass is 414 g/mol. The van der Waals surface area contributed by atoms with Gasteiger partial charge in [0.1, 0.15) is 11.6 Å². The molecule has 4 heterocycles.